The molecule has 0 unspecified atom stereocenters. The standard InChI is InChI=1S/C16H19N3/c17-15-5-6-16(13-8-9-18-11-14(13)15)19-10-7-12-3-1-2-4-12/h3,5-6,8-9,11,19H,1-2,4,7,10,17H2. The van der Waals surface area contributed by atoms with Crippen molar-refractivity contribution >= 4 is 22.1 Å². The summed E-state index contributed by atoms with van der Waals surface area (Å²) < 4.78 is 0. The number of nitrogens with two attached hydrogens (primary N) is 1. The van der Waals surface area contributed by atoms with Crippen molar-refractivity contribution < 1.29 is 0 Å². The van der Waals surface area contributed by atoms with Crippen LogP contribution in [0.2, 0.25) is 0 Å². The number of anilines is 2. The van der Waals surface area contributed by atoms with Gasteiger partial charge in [0.25, 0.3) is 0 Å². The van der Waals surface area contributed by atoms with Crippen LogP contribution < -0.4 is 11.1 Å². The Labute approximate surface area is 113 Å². The third kappa shape index (κ3) is 2.55. The average molecular weight is 253 g/mol. The Kier molecular flexibility index (Phi) is 3.36. The van der Waals surface area contributed by atoms with Crippen LogP contribution in [0.15, 0.2) is 42.2 Å². The second kappa shape index (κ2) is 5.31. The highest BCUT2D eigenvalue weighted by molar-refractivity contribution is 6.00. The fraction of sp³-hybridized carbons (Fsp3) is 0.312. The maximum absolute atomic E-state index is 5.98. The largest absolute Gasteiger partial charge is 0.398 e. The maximum Gasteiger partial charge on any atom is 0.0422 e. The lowest BCUT2D eigenvalue weighted by Crippen LogP contribution is -2.03. The van der Waals surface area contributed by atoms with Gasteiger partial charge >= 0.3 is 0 Å². The number of nitrogens with zero attached hydrogens (tertiary/aromatic N) is 1. The van der Waals surface area contributed by atoms with Crippen molar-refractivity contribution in [1.29, 1.82) is 0 Å². The van der Waals surface area contributed by atoms with E-state index in [4.69, 9.17) is 5.73 Å². The minimum absolute atomic E-state index is 0.784. The van der Waals surface area contributed by atoms with Crippen molar-refractivity contribution in [2.24, 2.45) is 0 Å². The number of pyridine rings is 1. The smallest absolute Gasteiger partial charge is 0.0422 e. The highest BCUT2D eigenvalue weighted by atomic mass is 14.9. The number of nitrogens with one attached hydrogen (secondary N) is 1. The van der Waals surface area contributed by atoms with Gasteiger partial charge in [-0.3, -0.25) is 4.98 Å². The van der Waals surface area contributed by atoms with Crippen molar-refractivity contribution in [3.8, 4) is 0 Å². The predicted octanol–water partition coefficient (Wildman–Crippen LogP) is 3.73. The monoisotopic (exact) mass is 253 g/mol. The van der Waals surface area contributed by atoms with E-state index in [-0.39, 0.29) is 0 Å². The molecule has 0 bridgehead atoms. The van der Waals surface area contributed by atoms with Crippen LogP contribution in [-0.4, -0.2) is 11.5 Å². The molecule has 0 saturated carbocycles. The molecule has 2 aromatic rings. The van der Waals surface area contributed by atoms with Gasteiger partial charge in [-0.05, 0) is 43.9 Å². The van der Waals surface area contributed by atoms with Gasteiger partial charge in [-0.1, -0.05) is 11.6 Å². The molecule has 0 spiro atoms. The summed E-state index contributed by atoms with van der Waals surface area (Å²) in [4.78, 5) is 4.14. The number of allylic oxidation sites excluding steroid dienone is 1. The zero-order chi connectivity index (χ0) is 13.1. The van der Waals surface area contributed by atoms with Gasteiger partial charge < -0.3 is 11.1 Å². The lowest BCUT2D eigenvalue weighted by atomic mass is 10.1. The number of aromatic nitrogens is 1. The van der Waals surface area contributed by atoms with Crippen molar-refractivity contribution in [3.05, 3.63) is 42.2 Å². The van der Waals surface area contributed by atoms with Gasteiger partial charge in [0, 0.05) is 41.1 Å². The zero-order valence-electron chi connectivity index (χ0n) is 11.0. The Hall–Kier alpha value is -2.03. The van der Waals surface area contributed by atoms with Crippen molar-refractivity contribution in [3.63, 3.8) is 0 Å². The van der Waals surface area contributed by atoms with Gasteiger partial charge in [-0.15, -0.1) is 0 Å². The van der Waals surface area contributed by atoms with E-state index in [0.717, 1.165) is 35.1 Å². The summed E-state index contributed by atoms with van der Waals surface area (Å²) in [6.45, 7) is 0.979. The summed E-state index contributed by atoms with van der Waals surface area (Å²) in [5.74, 6) is 0. The first-order valence-electron chi connectivity index (χ1n) is 6.88. The SMILES string of the molecule is Nc1ccc(NCCC2=CCCC2)c2ccncc12. The number of nitrogen functional groups attached to an aromatic ring is 1. The van der Waals surface area contributed by atoms with E-state index < -0.39 is 0 Å². The number of benzene rings is 1. The van der Waals surface area contributed by atoms with E-state index >= 15 is 0 Å². The van der Waals surface area contributed by atoms with Crippen LogP contribution in [0.3, 0.4) is 0 Å². The summed E-state index contributed by atoms with van der Waals surface area (Å²) in [6, 6.07) is 6.02. The van der Waals surface area contributed by atoms with E-state index in [1.807, 2.05) is 24.5 Å². The average Bonchev–Trinajstić information content (AvgIpc) is 2.95. The minimum Gasteiger partial charge on any atom is -0.398 e. The molecule has 3 N–H and O–H groups in total. The maximum atomic E-state index is 5.98. The first-order valence-corrected chi connectivity index (χ1v) is 6.88. The summed E-state index contributed by atoms with van der Waals surface area (Å²) in [5.41, 5.74) is 9.50. The van der Waals surface area contributed by atoms with Gasteiger partial charge in [0.15, 0.2) is 0 Å². The molecule has 0 radical (unpaired) electrons. The van der Waals surface area contributed by atoms with E-state index in [2.05, 4.69) is 22.4 Å². The molecular weight excluding hydrogens is 234 g/mol. The molecule has 0 saturated heterocycles. The molecule has 98 valence electrons. The molecule has 1 heterocycles. The highest BCUT2D eigenvalue weighted by Gasteiger charge is 2.06. The Morgan fingerprint density at radius 1 is 1.21 bits per heavy atom. The summed E-state index contributed by atoms with van der Waals surface area (Å²) >= 11 is 0. The molecule has 1 aliphatic rings. The van der Waals surface area contributed by atoms with Gasteiger partial charge in [0.2, 0.25) is 0 Å². The lowest BCUT2D eigenvalue weighted by molar-refractivity contribution is 0.864. The van der Waals surface area contributed by atoms with Crippen LogP contribution in [0.4, 0.5) is 11.4 Å². The van der Waals surface area contributed by atoms with Crippen LogP contribution in [0.25, 0.3) is 10.8 Å². The summed E-state index contributed by atoms with van der Waals surface area (Å²) in [7, 11) is 0. The fourth-order valence-corrected chi connectivity index (χ4v) is 2.69. The van der Waals surface area contributed by atoms with Gasteiger partial charge in [-0.25, -0.2) is 0 Å². The van der Waals surface area contributed by atoms with Crippen LogP contribution in [-0.2, 0) is 0 Å². The number of hydrogen-bond donors (Lipinski definition) is 2. The Balaban J connectivity index is 1.75. The molecule has 0 amide bonds. The topological polar surface area (TPSA) is 50.9 Å². The lowest BCUT2D eigenvalue weighted by Gasteiger charge is -2.11. The fourth-order valence-electron chi connectivity index (χ4n) is 2.69. The molecule has 19 heavy (non-hydrogen) atoms. The predicted molar refractivity (Wildman–Crippen MR) is 81.2 cm³/mol. The molecule has 1 aliphatic carbocycles. The molecule has 0 fully saturated rings. The number of hydrogen-bond acceptors (Lipinski definition) is 3. The van der Waals surface area contributed by atoms with Crippen LogP contribution in [0.1, 0.15) is 25.7 Å². The van der Waals surface area contributed by atoms with Gasteiger partial charge in [-0.2, -0.15) is 0 Å². The van der Waals surface area contributed by atoms with Gasteiger partial charge in [0.1, 0.15) is 0 Å². The second-order valence-corrected chi connectivity index (χ2v) is 5.05. The van der Waals surface area contributed by atoms with E-state index in [1.165, 1.54) is 19.3 Å². The van der Waals surface area contributed by atoms with Crippen LogP contribution in [0, 0.1) is 0 Å². The molecule has 1 aromatic carbocycles. The minimum atomic E-state index is 0.784. The first kappa shape index (κ1) is 12.0. The van der Waals surface area contributed by atoms with Crippen molar-refractivity contribution in [2.75, 3.05) is 17.6 Å². The van der Waals surface area contributed by atoms with Crippen LogP contribution >= 0.6 is 0 Å². The van der Waals surface area contributed by atoms with Crippen LogP contribution in [0.5, 0.6) is 0 Å². The van der Waals surface area contributed by atoms with E-state index in [1.54, 1.807) is 5.57 Å². The third-order valence-corrected chi connectivity index (χ3v) is 3.75. The van der Waals surface area contributed by atoms with E-state index in [9.17, 15) is 0 Å². The number of rotatable bonds is 4. The molecule has 0 aliphatic heterocycles. The van der Waals surface area contributed by atoms with Gasteiger partial charge in [0.05, 0.1) is 0 Å². The quantitative estimate of drug-likeness (QED) is 0.645. The Morgan fingerprint density at radius 2 is 2.16 bits per heavy atom. The molecular formula is C16H19N3. The number of fused-ring (bicyclic) bond motifs is 1. The Bertz CT molecular complexity index is 616. The molecule has 1 aromatic heterocycles. The normalized spacial score (nSPS) is 14.6. The molecule has 3 heteroatoms. The van der Waals surface area contributed by atoms with E-state index in [0.29, 0.717) is 0 Å². The third-order valence-electron chi connectivity index (χ3n) is 3.75. The molecule has 0 atom stereocenters. The molecule has 3 nitrogen and oxygen atoms in total. The zero-order valence-corrected chi connectivity index (χ0v) is 11.0. The Morgan fingerprint density at radius 3 is 3.00 bits per heavy atom. The van der Waals surface area contributed by atoms with Crippen molar-refractivity contribution in [1.82, 2.24) is 4.98 Å². The second-order valence-electron chi connectivity index (χ2n) is 5.05. The van der Waals surface area contributed by atoms with Crippen molar-refractivity contribution in [2.45, 2.75) is 25.7 Å². The highest BCUT2D eigenvalue weighted by Crippen LogP contribution is 2.28. The summed E-state index contributed by atoms with van der Waals surface area (Å²) in [5, 5.41) is 5.69. The summed E-state index contributed by atoms with van der Waals surface area (Å²) in [6.07, 6.45) is 11.0. The first-order chi connectivity index (χ1) is 9.34. The molecule has 3 rings (SSSR count).